The van der Waals surface area contributed by atoms with Crippen LogP contribution >= 0.6 is 0 Å². The molecule has 4 amide bonds. The highest BCUT2D eigenvalue weighted by molar-refractivity contribution is 5.96. The number of anilines is 2. The Kier molecular flexibility index (Phi) is 5.71. The molecule has 0 spiro atoms. The molecular weight excluding hydrogens is 344 g/mol. The van der Waals surface area contributed by atoms with Gasteiger partial charge in [-0.15, -0.1) is 0 Å². The van der Waals surface area contributed by atoms with Crippen molar-refractivity contribution in [3.05, 3.63) is 60.2 Å². The third-order valence-electron chi connectivity index (χ3n) is 4.59. The summed E-state index contributed by atoms with van der Waals surface area (Å²) in [5.41, 5.74) is 6.93. The van der Waals surface area contributed by atoms with Gasteiger partial charge >= 0.3 is 6.03 Å². The number of likely N-dealkylation sites (tertiary alicyclic amines) is 1. The topological polar surface area (TPSA) is 105 Å². The van der Waals surface area contributed by atoms with Crippen LogP contribution < -0.4 is 16.4 Å². The Hall–Kier alpha value is -3.35. The summed E-state index contributed by atoms with van der Waals surface area (Å²) in [6, 6.07) is 15.3. The molecule has 1 aliphatic rings. The third-order valence-corrected chi connectivity index (χ3v) is 4.59. The number of rotatable bonds is 4. The van der Waals surface area contributed by atoms with Crippen molar-refractivity contribution in [1.82, 2.24) is 4.90 Å². The molecule has 1 aliphatic heterocycles. The number of piperidine rings is 1. The molecule has 2 aromatic carbocycles. The Morgan fingerprint density at radius 1 is 0.852 bits per heavy atom. The summed E-state index contributed by atoms with van der Waals surface area (Å²) in [6.07, 6.45) is 1.26. The van der Waals surface area contributed by atoms with E-state index in [4.69, 9.17) is 5.73 Å². The number of nitrogens with zero attached hydrogens (tertiary/aromatic N) is 1. The largest absolute Gasteiger partial charge is 0.351 e. The van der Waals surface area contributed by atoms with E-state index in [0.717, 1.165) is 5.69 Å². The second-order valence-electron chi connectivity index (χ2n) is 6.49. The van der Waals surface area contributed by atoms with Crippen molar-refractivity contribution >= 4 is 29.2 Å². The van der Waals surface area contributed by atoms with Crippen molar-refractivity contribution in [2.24, 2.45) is 11.7 Å². The van der Waals surface area contributed by atoms with Crippen LogP contribution in [0.25, 0.3) is 0 Å². The first-order valence-corrected chi connectivity index (χ1v) is 8.84. The van der Waals surface area contributed by atoms with Crippen molar-refractivity contribution in [1.29, 1.82) is 0 Å². The second-order valence-corrected chi connectivity index (χ2v) is 6.49. The van der Waals surface area contributed by atoms with E-state index in [0.29, 0.717) is 37.2 Å². The lowest BCUT2D eigenvalue weighted by Crippen LogP contribution is -2.41. The summed E-state index contributed by atoms with van der Waals surface area (Å²) < 4.78 is 0. The van der Waals surface area contributed by atoms with Crippen LogP contribution in [0.3, 0.4) is 0 Å². The first kappa shape index (κ1) is 18.4. The van der Waals surface area contributed by atoms with Crippen molar-refractivity contribution in [3.8, 4) is 0 Å². The van der Waals surface area contributed by atoms with Crippen LogP contribution in [0.4, 0.5) is 16.2 Å². The average molecular weight is 366 g/mol. The van der Waals surface area contributed by atoms with Gasteiger partial charge in [-0.05, 0) is 49.2 Å². The third kappa shape index (κ3) is 4.84. The Labute approximate surface area is 157 Å². The van der Waals surface area contributed by atoms with Gasteiger partial charge in [0.2, 0.25) is 5.91 Å². The molecule has 0 bridgehead atoms. The molecule has 4 N–H and O–H groups in total. The van der Waals surface area contributed by atoms with Crippen LogP contribution in [0.15, 0.2) is 54.6 Å². The smallest absolute Gasteiger partial charge is 0.316 e. The van der Waals surface area contributed by atoms with E-state index >= 15 is 0 Å². The van der Waals surface area contributed by atoms with Crippen LogP contribution in [0.2, 0.25) is 0 Å². The quantitative estimate of drug-likeness (QED) is 0.775. The summed E-state index contributed by atoms with van der Waals surface area (Å²) in [4.78, 5) is 37.6. The Morgan fingerprint density at radius 3 is 2.04 bits per heavy atom. The van der Waals surface area contributed by atoms with Crippen LogP contribution in [-0.4, -0.2) is 35.8 Å². The summed E-state index contributed by atoms with van der Waals surface area (Å²) in [5.74, 6) is -0.186. The maximum absolute atomic E-state index is 12.6. The summed E-state index contributed by atoms with van der Waals surface area (Å²) in [5, 5.41) is 5.38. The SMILES string of the molecule is NC(=O)Nc1ccc(C(=O)N2CCC(C(=O)Nc3ccccc3)CC2)cc1. The van der Waals surface area contributed by atoms with E-state index in [1.54, 1.807) is 29.2 Å². The highest BCUT2D eigenvalue weighted by atomic mass is 16.2. The number of carbonyl (C=O) groups excluding carboxylic acids is 3. The van der Waals surface area contributed by atoms with Gasteiger partial charge in [0.25, 0.3) is 5.91 Å². The van der Waals surface area contributed by atoms with Gasteiger partial charge in [0.05, 0.1) is 0 Å². The predicted octanol–water partition coefficient (Wildman–Crippen LogP) is 2.67. The lowest BCUT2D eigenvalue weighted by Gasteiger charge is -2.31. The molecule has 0 atom stereocenters. The van der Waals surface area contributed by atoms with Gasteiger partial charge in [-0.1, -0.05) is 18.2 Å². The maximum atomic E-state index is 12.6. The first-order chi connectivity index (χ1) is 13.0. The number of hydrogen-bond acceptors (Lipinski definition) is 3. The average Bonchev–Trinajstić information content (AvgIpc) is 2.68. The standard InChI is InChI=1S/C20H22N4O3/c21-20(27)23-17-8-6-15(7-9-17)19(26)24-12-10-14(11-13-24)18(25)22-16-4-2-1-3-5-16/h1-9,14H,10-13H2,(H,22,25)(H3,21,23,27). The predicted molar refractivity (Wildman–Crippen MR) is 103 cm³/mol. The van der Waals surface area contributed by atoms with E-state index in [1.807, 2.05) is 30.3 Å². The van der Waals surface area contributed by atoms with E-state index in [2.05, 4.69) is 10.6 Å². The monoisotopic (exact) mass is 366 g/mol. The zero-order valence-electron chi connectivity index (χ0n) is 14.9. The van der Waals surface area contributed by atoms with E-state index < -0.39 is 6.03 Å². The van der Waals surface area contributed by atoms with Gasteiger partial charge < -0.3 is 21.3 Å². The minimum absolute atomic E-state index is 0.00446. The normalized spacial score (nSPS) is 14.4. The highest BCUT2D eigenvalue weighted by Gasteiger charge is 2.27. The van der Waals surface area contributed by atoms with Crippen LogP contribution in [0, 0.1) is 5.92 Å². The van der Waals surface area contributed by atoms with Gasteiger partial charge in [0.15, 0.2) is 0 Å². The zero-order valence-corrected chi connectivity index (χ0v) is 14.9. The van der Waals surface area contributed by atoms with Gasteiger partial charge in [0, 0.05) is 35.9 Å². The van der Waals surface area contributed by atoms with Gasteiger partial charge in [-0.2, -0.15) is 0 Å². The molecule has 0 unspecified atom stereocenters. The molecule has 1 saturated heterocycles. The van der Waals surface area contributed by atoms with Crippen LogP contribution in [0.5, 0.6) is 0 Å². The fraction of sp³-hybridized carbons (Fsp3) is 0.250. The molecule has 27 heavy (non-hydrogen) atoms. The molecule has 0 aliphatic carbocycles. The molecule has 3 rings (SSSR count). The fourth-order valence-corrected chi connectivity index (χ4v) is 3.13. The van der Waals surface area contributed by atoms with Crippen molar-refractivity contribution in [2.45, 2.75) is 12.8 Å². The van der Waals surface area contributed by atoms with Crippen LogP contribution in [-0.2, 0) is 4.79 Å². The fourth-order valence-electron chi connectivity index (χ4n) is 3.13. The van der Waals surface area contributed by atoms with Crippen molar-refractivity contribution < 1.29 is 14.4 Å². The number of nitrogens with one attached hydrogen (secondary N) is 2. The lowest BCUT2D eigenvalue weighted by atomic mass is 9.95. The Morgan fingerprint density at radius 2 is 1.44 bits per heavy atom. The molecule has 0 saturated carbocycles. The Balaban J connectivity index is 1.53. The molecule has 0 aromatic heterocycles. The van der Waals surface area contributed by atoms with Gasteiger partial charge in [-0.3, -0.25) is 9.59 Å². The molecule has 1 fully saturated rings. The van der Waals surface area contributed by atoms with Crippen LogP contribution in [0.1, 0.15) is 23.2 Å². The number of amides is 4. The second kappa shape index (κ2) is 8.35. The number of carbonyl (C=O) groups is 3. The maximum Gasteiger partial charge on any atom is 0.316 e. The van der Waals surface area contributed by atoms with Gasteiger partial charge in [-0.25, -0.2) is 4.79 Å². The number of primary amides is 1. The lowest BCUT2D eigenvalue weighted by molar-refractivity contribution is -0.121. The zero-order chi connectivity index (χ0) is 19.2. The summed E-state index contributed by atoms with van der Waals surface area (Å²) >= 11 is 0. The minimum Gasteiger partial charge on any atom is -0.351 e. The van der Waals surface area contributed by atoms with E-state index in [-0.39, 0.29) is 17.7 Å². The number of para-hydroxylation sites is 1. The number of urea groups is 1. The minimum atomic E-state index is -0.648. The van der Waals surface area contributed by atoms with Crippen molar-refractivity contribution in [2.75, 3.05) is 23.7 Å². The van der Waals surface area contributed by atoms with Crippen molar-refractivity contribution in [3.63, 3.8) is 0 Å². The number of hydrogen-bond donors (Lipinski definition) is 3. The molecular formula is C20H22N4O3. The molecule has 2 aromatic rings. The van der Waals surface area contributed by atoms with Gasteiger partial charge in [0.1, 0.15) is 0 Å². The summed E-state index contributed by atoms with van der Waals surface area (Å²) in [6.45, 7) is 1.07. The first-order valence-electron chi connectivity index (χ1n) is 8.84. The highest BCUT2D eigenvalue weighted by Crippen LogP contribution is 2.21. The number of benzene rings is 2. The Bertz CT molecular complexity index is 813. The molecule has 140 valence electrons. The van der Waals surface area contributed by atoms with E-state index in [9.17, 15) is 14.4 Å². The molecule has 1 heterocycles. The summed E-state index contributed by atoms with van der Waals surface area (Å²) in [7, 11) is 0. The molecule has 7 heteroatoms. The molecule has 0 radical (unpaired) electrons. The number of nitrogens with two attached hydrogens (primary N) is 1. The van der Waals surface area contributed by atoms with E-state index in [1.165, 1.54) is 0 Å². The molecule has 7 nitrogen and oxygen atoms in total.